The second kappa shape index (κ2) is 6.58. The Bertz CT molecular complexity index is 865. The van der Waals surface area contributed by atoms with E-state index in [0.29, 0.717) is 9.92 Å². The first-order chi connectivity index (χ1) is 11.0. The van der Waals surface area contributed by atoms with Crippen molar-refractivity contribution in [3.8, 4) is 22.4 Å². The Balaban J connectivity index is 2.12. The minimum atomic E-state index is -1.99. The lowest BCUT2D eigenvalue weighted by molar-refractivity contribution is 0.564. The summed E-state index contributed by atoms with van der Waals surface area (Å²) in [5, 5.41) is 0.527. The van der Waals surface area contributed by atoms with E-state index >= 15 is 0 Å². The van der Waals surface area contributed by atoms with E-state index in [1.54, 1.807) is 36.7 Å². The normalized spacial score (nSPS) is 12.1. The zero-order valence-corrected chi connectivity index (χ0v) is 13.8. The van der Waals surface area contributed by atoms with Gasteiger partial charge in [0.25, 0.3) is 0 Å². The fourth-order valence-electron chi connectivity index (χ4n) is 2.25. The van der Waals surface area contributed by atoms with Gasteiger partial charge in [-0.25, -0.2) is 4.21 Å². The number of hydrogen-bond acceptors (Lipinski definition) is 3. The van der Waals surface area contributed by atoms with Crippen LogP contribution < -0.4 is 0 Å². The molecule has 1 N–H and O–H groups in total. The summed E-state index contributed by atoms with van der Waals surface area (Å²) in [7, 11) is 0. The van der Waals surface area contributed by atoms with E-state index in [9.17, 15) is 4.21 Å². The van der Waals surface area contributed by atoms with Gasteiger partial charge in [-0.05, 0) is 42.8 Å². The molecular formula is C17H13ClN2O2S. The van der Waals surface area contributed by atoms with E-state index in [1.807, 2.05) is 25.1 Å². The SMILES string of the molecule is Cc1ccc(-c2ncc(Cl)cc2-c2ccc(S(=O)O)cc2)cn1. The third-order valence-corrected chi connectivity index (χ3v) is 4.29. The molecule has 0 saturated heterocycles. The molecule has 3 aromatic rings. The van der Waals surface area contributed by atoms with Crippen LogP contribution in [0.15, 0.2) is 59.8 Å². The van der Waals surface area contributed by atoms with Gasteiger partial charge in [0.2, 0.25) is 0 Å². The lowest BCUT2D eigenvalue weighted by Crippen LogP contribution is -1.92. The van der Waals surface area contributed by atoms with Gasteiger partial charge in [-0.2, -0.15) is 0 Å². The molecule has 0 radical (unpaired) electrons. The first kappa shape index (κ1) is 15.8. The summed E-state index contributed by atoms with van der Waals surface area (Å²) < 4.78 is 20.2. The Morgan fingerprint density at radius 2 is 1.70 bits per heavy atom. The minimum Gasteiger partial charge on any atom is -0.302 e. The van der Waals surface area contributed by atoms with Gasteiger partial charge in [-0.1, -0.05) is 23.7 Å². The Hall–Kier alpha value is -2.08. The van der Waals surface area contributed by atoms with Gasteiger partial charge < -0.3 is 4.55 Å². The quantitative estimate of drug-likeness (QED) is 0.717. The minimum absolute atomic E-state index is 0.349. The number of aromatic nitrogens is 2. The van der Waals surface area contributed by atoms with Crippen molar-refractivity contribution in [2.75, 3.05) is 0 Å². The predicted octanol–water partition coefficient (Wildman–Crippen LogP) is 4.35. The lowest BCUT2D eigenvalue weighted by atomic mass is 10.0. The molecule has 3 rings (SSSR count). The second-order valence-corrected chi connectivity index (χ2v) is 6.42. The number of pyridine rings is 2. The van der Waals surface area contributed by atoms with E-state index in [-0.39, 0.29) is 0 Å². The molecule has 0 saturated carbocycles. The van der Waals surface area contributed by atoms with Crippen molar-refractivity contribution >= 4 is 22.7 Å². The van der Waals surface area contributed by atoms with Crippen LogP contribution in [0.25, 0.3) is 22.4 Å². The summed E-state index contributed by atoms with van der Waals surface area (Å²) in [6.07, 6.45) is 3.36. The van der Waals surface area contributed by atoms with Gasteiger partial charge >= 0.3 is 0 Å². The van der Waals surface area contributed by atoms with Gasteiger partial charge in [-0.15, -0.1) is 0 Å². The molecule has 0 fully saturated rings. The van der Waals surface area contributed by atoms with Gasteiger partial charge in [0.05, 0.1) is 15.6 Å². The molecule has 4 nitrogen and oxygen atoms in total. The van der Waals surface area contributed by atoms with E-state index in [0.717, 1.165) is 28.1 Å². The summed E-state index contributed by atoms with van der Waals surface area (Å²) in [5.74, 6) is 0. The van der Waals surface area contributed by atoms with E-state index < -0.39 is 11.1 Å². The highest BCUT2D eigenvalue weighted by atomic mass is 35.5. The molecule has 2 aromatic heterocycles. The van der Waals surface area contributed by atoms with Crippen LogP contribution in [0.3, 0.4) is 0 Å². The molecular weight excluding hydrogens is 332 g/mol. The number of hydrogen-bond donors (Lipinski definition) is 1. The van der Waals surface area contributed by atoms with Gasteiger partial charge in [0, 0.05) is 29.2 Å². The van der Waals surface area contributed by atoms with E-state index in [1.165, 1.54) is 0 Å². The summed E-state index contributed by atoms with van der Waals surface area (Å²) in [4.78, 5) is 9.08. The lowest BCUT2D eigenvalue weighted by Gasteiger charge is -2.10. The average molecular weight is 345 g/mol. The maximum absolute atomic E-state index is 11.1. The first-order valence-corrected chi connectivity index (χ1v) is 8.33. The van der Waals surface area contributed by atoms with Gasteiger partial charge in [-0.3, -0.25) is 9.97 Å². The third-order valence-electron chi connectivity index (χ3n) is 3.41. The van der Waals surface area contributed by atoms with Crippen LogP contribution in [0, 0.1) is 6.92 Å². The van der Waals surface area contributed by atoms with Crippen LogP contribution >= 0.6 is 11.6 Å². The monoisotopic (exact) mass is 344 g/mol. The topological polar surface area (TPSA) is 63.1 Å². The summed E-state index contributed by atoms with van der Waals surface area (Å²) in [6.45, 7) is 1.92. The molecule has 0 spiro atoms. The molecule has 0 bridgehead atoms. The Morgan fingerprint density at radius 1 is 1.00 bits per heavy atom. The molecule has 116 valence electrons. The Kier molecular flexibility index (Phi) is 4.52. The van der Waals surface area contributed by atoms with Crippen molar-refractivity contribution in [3.63, 3.8) is 0 Å². The number of rotatable bonds is 3. The first-order valence-electron chi connectivity index (χ1n) is 6.84. The maximum atomic E-state index is 11.1. The maximum Gasteiger partial charge on any atom is 0.186 e. The molecule has 0 amide bonds. The van der Waals surface area contributed by atoms with Crippen LogP contribution in [0.2, 0.25) is 5.02 Å². The molecule has 0 aliphatic carbocycles. The van der Waals surface area contributed by atoms with Crippen LogP contribution in [0.5, 0.6) is 0 Å². The molecule has 23 heavy (non-hydrogen) atoms. The van der Waals surface area contributed by atoms with Crippen LogP contribution in [0.4, 0.5) is 0 Å². The smallest absolute Gasteiger partial charge is 0.186 e. The molecule has 1 aromatic carbocycles. The van der Waals surface area contributed by atoms with Gasteiger partial charge in [0.1, 0.15) is 0 Å². The number of aryl methyl sites for hydroxylation is 1. The highest BCUT2D eigenvalue weighted by Gasteiger charge is 2.11. The fourth-order valence-corrected chi connectivity index (χ4v) is 2.77. The van der Waals surface area contributed by atoms with Crippen molar-refractivity contribution in [2.45, 2.75) is 11.8 Å². The fraction of sp³-hybridized carbons (Fsp3) is 0.0588. The van der Waals surface area contributed by atoms with Crippen molar-refractivity contribution in [2.24, 2.45) is 0 Å². The van der Waals surface area contributed by atoms with Crippen molar-refractivity contribution in [1.82, 2.24) is 9.97 Å². The van der Waals surface area contributed by atoms with E-state index in [2.05, 4.69) is 9.97 Å². The molecule has 0 aliphatic rings. The van der Waals surface area contributed by atoms with Crippen molar-refractivity contribution in [1.29, 1.82) is 0 Å². The standard InChI is InChI=1S/C17H13ClN2O2S/c1-11-2-3-13(9-19-11)17-16(8-14(18)10-20-17)12-4-6-15(7-5-12)23(21)22/h2-10H,1H3,(H,21,22). The summed E-state index contributed by atoms with van der Waals surface area (Å²) >= 11 is 4.10. The van der Waals surface area contributed by atoms with E-state index in [4.69, 9.17) is 16.2 Å². The number of benzene rings is 1. The molecule has 1 atom stereocenters. The molecule has 6 heteroatoms. The average Bonchev–Trinajstić information content (AvgIpc) is 2.56. The Morgan fingerprint density at radius 3 is 2.30 bits per heavy atom. The number of nitrogens with zero attached hydrogens (tertiary/aromatic N) is 2. The zero-order valence-electron chi connectivity index (χ0n) is 12.2. The van der Waals surface area contributed by atoms with Crippen molar-refractivity contribution in [3.05, 3.63) is 65.6 Å². The van der Waals surface area contributed by atoms with Crippen LogP contribution in [0.1, 0.15) is 5.69 Å². The molecule has 2 heterocycles. The van der Waals surface area contributed by atoms with Crippen LogP contribution in [-0.4, -0.2) is 18.7 Å². The second-order valence-electron chi connectivity index (χ2n) is 5.01. The van der Waals surface area contributed by atoms with Gasteiger partial charge in [0.15, 0.2) is 11.1 Å². The highest BCUT2D eigenvalue weighted by Crippen LogP contribution is 2.32. The summed E-state index contributed by atoms with van der Waals surface area (Å²) in [5.41, 5.74) is 4.29. The largest absolute Gasteiger partial charge is 0.302 e. The highest BCUT2D eigenvalue weighted by molar-refractivity contribution is 7.79. The molecule has 0 aliphatic heterocycles. The van der Waals surface area contributed by atoms with Crippen molar-refractivity contribution < 1.29 is 8.76 Å². The Labute approximate surface area is 141 Å². The zero-order chi connectivity index (χ0) is 16.4. The molecule has 1 unspecified atom stereocenters. The summed E-state index contributed by atoms with van der Waals surface area (Å²) in [6, 6.07) is 12.5. The number of halogens is 1. The predicted molar refractivity (Wildman–Crippen MR) is 91.7 cm³/mol. The van der Waals surface area contributed by atoms with Crippen LogP contribution in [-0.2, 0) is 11.1 Å². The third kappa shape index (κ3) is 3.47.